The molecule has 2 N–H and O–H groups in total. The average molecular weight is 311 g/mol. The number of amides is 2. The molecule has 0 unspecified atom stereocenters. The van der Waals surface area contributed by atoms with Crippen molar-refractivity contribution in [2.75, 3.05) is 17.2 Å². The summed E-state index contributed by atoms with van der Waals surface area (Å²) in [4.78, 5) is 11.7. The first kappa shape index (κ1) is 13.4. The summed E-state index contributed by atoms with van der Waals surface area (Å²) in [6, 6.07) is 6.09. The van der Waals surface area contributed by atoms with E-state index in [0.717, 1.165) is 30.3 Å². The van der Waals surface area contributed by atoms with Crippen LogP contribution in [0.2, 0.25) is 0 Å². The SMILES string of the molecule is O=C(NCCCBr)Nc1cccc2c1CCCC2. The second-order valence-corrected chi connectivity index (χ2v) is 5.37. The Balaban J connectivity index is 1.98. The van der Waals surface area contributed by atoms with Crippen molar-refractivity contribution in [2.45, 2.75) is 32.1 Å². The molecular weight excluding hydrogens is 292 g/mol. The molecule has 18 heavy (non-hydrogen) atoms. The van der Waals surface area contributed by atoms with Crippen LogP contribution < -0.4 is 10.6 Å². The molecular formula is C14H19BrN2O. The molecule has 1 aliphatic carbocycles. The van der Waals surface area contributed by atoms with Crippen molar-refractivity contribution in [1.82, 2.24) is 5.32 Å². The smallest absolute Gasteiger partial charge is 0.319 e. The Hall–Kier alpha value is -1.03. The lowest BCUT2D eigenvalue weighted by Gasteiger charge is -2.19. The summed E-state index contributed by atoms with van der Waals surface area (Å²) in [7, 11) is 0. The Bertz CT molecular complexity index is 420. The number of rotatable bonds is 4. The number of carbonyl (C=O) groups excluding carboxylic acids is 1. The van der Waals surface area contributed by atoms with Gasteiger partial charge < -0.3 is 10.6 Å². The predicted molar refractivity (Wildman–Crippen MR) is 78.5 cm³/mol. The van der Waals surface area contributed by atoms with Crippen molar-refractivity contribution in [3.8, 4) is 0 Å². The lowest BCUT2D eigenvalue weighted by atomic mass is 9.90. The number of benzene rings is 1. The van der Waals surface area contributed by atoms with E-state index >= 15 is 0 Å². The van der Waals surface area contributed by atoms with Gasteiger partial charge >= 0.3 is 6.03 Å². The van der Waals surface area contributed by atoms with E-state index in [1.807, 2.05) is 12.1 Å². The van der Waals surface area contributed by atoms with Gasteiger partial charge in [0.15, 0.2) is 0 Å². The van der Waals surface area contributed by atoms with E-state index in [1.165, 1.54) is 24.0 Å². The molecule has 0 radical (unpaired) electrons. The predicted octanol–water partition coefficient (Wildman–Crippen LogP) is 3.47. The van der Waals surface area contributed by atoms with Crippen molar-refractivity contribution >= 4 is 27.6 Å². The highest BCUT2D eigenvalue weighted by molar-refractivity contribution is 9.09. The number of alkyl halides is 1. The average Bonchev–Trinajstić information content (AvgIpc) is 2.39. The molecule has 0 atom stereocenters. The van der Waals surface area contributed by atoms with Crippen LogP contribution in [0.25, 0.3) is 0 Å². The molecule has 2 rings (SSSR count). The summed E-state index contributed by atoms with van der Waals surface area (Å²) in [5.41, 5.74) is 3.68. The van der Waals surface area contributed by atoms with Crippen LogP contribution in [0.4, 0.5) is 10.5 Å². The van der Waals surface area contributed by atoms with Gasteiger partial charge in [0.25, 0.3) is 0 Å². The van der Waals surface area contributed by atoms with Crippen LogP contribution >= 0.6 is 15.9 Å². The van der Waals surface area contributed by atoms with Gasteiger partial charge in [-0.15, -0.1) is 0 Å². The van der Waals surface area contributed by atoms with Crippen LogP contribution in [0.1, 0.15) is 30.4 Å². The number of carbonyl (C=O) groups is 1. The van der Waals surface area contributed by atoms with Gasteiger partial charge in [-0.2, -0.15) is 0 Å². The molecule has 0 saturated carbocycles. The number of nitrogens with one attached hydrogen (secondary N) is 2. The van der Waals surface area contributed by atoms with E-state index in [-0.39, 0.29) is 6.03 Å². The number of fused-ring (bicyclic) bond motifs is 1. The van der Waals surface area contributed by atoms with Gasteiger partial charge in [0.1, 0.15) is 0 Å². The Morgan fingerprint density at radius 3 is 2.94 bits per heavy atom. The third kappa shape index (κ3) is 3.48. The van der Waals surface area contributed by atoms with Gasteiger partial charge in [-0.05, 0) is 49.3 Å². The minimum atomic E-state index is -0.102. The molecule has 0 aliphatic heterocycles. The number of urea groups is 1. The van der Waals surface area contributed by atoms with Gasteiger partial charge in [-0.25, -0.2) is 4.79 Å². The summed E-state index contributed by atoms with van der Waals surface area (Å²) in [6.07, 6.45) is 5.63. The summed E-state index contributed by atoms with van der Waals surface area (Å²) < 4.78 is 0. The first-order valence-electron chi connectivity index (χ1n) is 6.53. The van der Waals surface area contributed by atoms with Crippen LogP contribution in [0.3, 0.4) is 0 Å². The second kappa shape index (κ2) is 6.78. The zero-order chi connectivity index (χ0) is 12.8. The summed E-state index contributed by atoms with van der Waals surface area (Å²) >= 11 is 3.34. The number of anilines is 1. The number of hydrogen-bond donors (Lipinski definition) is 2. The van der Waals surface area contributed by atoms with Crippen LogP contribution in [-0.4, -0.2) is 17.9 Å². The first-order valence-corrected chi connectivity index (χ1v) is 7.65. The standard InChI is InChI=1S/C14H19BrN2O/c15-9-4-10-16-14(18)17-13-8-3-6-11-5-1-2-7-12(11)13/h3,6,8H,1-2,4-5,7,9-10H2,(H2,16,17,18). The van der Waals surface area contributed by atoms with E-state index in [1.54, 1.807) is 0 Å². The largest absolute Gasteiger partial charge is 0.338 e. The van der Waals surface area contributed by atoms with Crippen LogP contribution in [0, 0.1) is 0 Å². The first-order chi connectivity index (χ1) is 8.81. The molecule has 0 fully saturated rings. The maximum atomic E-state index is 11.7. The van der Waals surface area contributed by atoms with Crippen molar-refractivity contribution in [2.24, 2.45) is 0 Å². The monoisotopic (exact) mass is 310 g/mol. The van der Waals surface area contributed by atoms with Crippen LogP contribution in [-0.2, 0) is 12.8 Å². The minimum Gasteiger partial charge on any atom is -0.338 e. The topological polar surface area (TPSA) is 41.1 Å². The maximum absolute atomic E-state index is 11.7. The second-order valence-electron chi connectivity index (χ2n) is 4.57. The molecule has 0 saturated heterocycles. The minimum absolute atomic E-state index is 0.102. The molecule has 0 spiro atoms. The normalized spacial score (nSPS) is 13.8. The highest BCUT2D eigenvalue weighted by atomic mass is 79.9. The summed E-state index contributed by atoms with van der Waals surface area (Å²) in [5.74, 6) is 0. The van der Waals surface area contributed by atoms with Crippen molar-refractivity contribution in [3.05, 3.63) is 29.3 Å². The van der Waals surface area contributed by atoms with E-state index in [2.05, 4.69) is 32.6 Å². The molecule has 1 aromatic rings. The number of hydrogen-bond acceptors (Lipinski definition) is 1. The van der Waals surface area contributed by atoms with E-state index in [9.17, 15) is 4.79 Å². The Morgan fingerprint density at radius 2 is 2.11 bits per heavy atom. The fourth-order valence-corrected chi connectivity index (χ4v) is 2.61. The van der Waals surface area contributed by atoms with E-state index in [0.29, 0.717) is 6.54 Å². The molecule has 1 aliphatic rings. The maximum Gasteiger partial charge on any atom is 0.319 e. The highest BCUT2D eigenvalue weighted by Gasteiger charge is 2.13. The fraction of sp³-hybridized carbons (Fsp3) is 0.500. The molecule has 4 heteroatoms. The number of halogens is 1. The zero-order valence-corrected chi connectivity index (χ0v) is 12.1. The van der Waals surface area contributed by atoms with Gasteiger partial charge in [0.2, 0.25) is 0 Å². The molecule has 98 valence electrons. The molecule has 2 amide bonds. The van der Waals surface area contributed by atoms with Crippen molar-refractivity contribution < 1.29 is 4.79 Å². The lowest BCUT2D eigenvalue weighted by Crippen LogP contribution is -2.30. The van der Waals surface area contributed by atoms with Crippen molar-refractivity contribution in [3.63, 3.8) is 0 Å². The number of aryl methyl sites for hydroxylation is 1. The molecule has 0 bridgehead atoms. The third-order valence-corrected chi connectivity index (χ3v) is 3.80. The van der Waals surface area contributed by atoms with Crippen molar-refractivity contribution in [1.29, 1.82) is 0 Å². The summed E-state index contributed by atoms with van der Waals surface area (Å²) in [5, 5.41) is 6.73. The zero-order valence-electron chi connectivity index (χ0n) is 10.5. The van der Waals surface area contributed by atoms with E-state index < -0.39 is 0 Å². The quantitative estimate of drug-likeness (QED) is 0.649. The third-order valence-electron chi connectivity index (χ3n) is 3.24. The van der Waals surface area contributed by atoms with Crippen LogP contribution in [0.15, 0.2) is 18.2 Å². The fourth-order valence-electron chi connectivity index (χ4n) is 2.33. The molecule has 1 aromatic carbocycles. The Morgan fingerprint density at radius 1 is 1.28 bits per heavy atom. The molecule has 0 heterocycles. The lowest BCUT2D eigenvalue weighted by molar-refractivity contribution is 0.252. The highest BCUT2D eigenvalue weighted by Crippen LogP contribution is 2.27. The van der Waals surface area contributed by atoms with Gasteiger partial charge in [0.05, 0.1) is 0 Å². The van der Waals surface area contributed by atoms with Gasteiger partial charge in [-0.1, -0.05) is 28.1 Å². The Labute approximate surface area is 116 Å². The molecule has 3 nitrogen and oxygen atoms in total. The van der Waals surface area contributed by atoms with Gasteiger partial charge in [-0.3, -0.25) is 0 Å². The molecule has 0 aromatic heterocycles. The van der Waals surface area contributed by atoms with E-state index in [4.69, 9.17) is 0 Å². The Kier molecular flexibility index (Phi) is 5.05. The van der Waals surface area contributed by atoms with Gasteiger partial charge in [0, 0.05) is 17.6 Å². The van der Waals surface area contributed by atoms with Crippen LogP contribution in [0.5, 0.6) is 0 Å². The summed E-state index contributed by atoms with van der Waals surface area (Å²) in [6.45, 7) is 0.701.